The van der Waals surface area contributed by atoms with Crippen LogP contribution < -0.4 is 5.32 Å². The molecule has 0 saturated heterocycles. The summed E-state index contributed by atoms with van der Waals surface area (Å²) in [7, 11) is 0. The molecule has 1 aromatic rings. The van der Waals surface area contributed by atoms with Crippen molar-refractivity contribution in [3.63, 3.8) is 0 Å². The molecule has 1 fully saturated rings. The minimum Gasteiger partial charge on any atom is -0.480 e. The lowest BCUT2D eigenvalue weighted by molar-refractivity contribution is -0.384. The molecule has 1 aliphatic rings. The number of aryl methyl sites for hydroxylation is 1. The summed E-state index contributed by atoms with van der Waals surface area (Å²) in [5.74, 6) is -0.893. The molecule has 2 rings (SSSR count). The van der Waals surface area contributed by atoms with Crippen molar-refractivity contribution in [3.8, 4) is 0 Å². The molecule has 2 N–H and O–H groups in total. The van der Waals surface area contributed by atoms with Gasteiger partial charge in [0.05, 0.1) is 4.92 Å². The predicted octanol–water partition coefficient (Wildman–Crippen LogP) is 3.76. The summed E-state index contributed by atoms with van der Waals surface area (Å²) in [6.45, 7) is 1.70. The number of nitrogens with zero attached hydrogens (tertiary/aromatic N) is 1. The van der Waals surface area contributed by atoms with Crippen LogP contribution in [0.2, 0.25) is 5.02 Å². The standard InChI is InChI=1S/C14H17ClN2O4/c1-9-7-12(17(20)21)10(15)8-11(9)16-14(13(18)19)5-3-2-4-6-14/h7-8,16H,2-6H2,1H3,(H,18,19). The van der Waals surface area contributed by atoms with Crippen molar-refractivity contribution >= 4 is 28.9 Å². The Morgan fingerprint density at radius 3 is 2.52 bits per heavy atom. The predicted molar refractivity (Wildman–Crippen MR) is 79.9 cm³/mol. The van der Waals surface area contributed by atoms with E-state index in [1.165, 1.54) is 12.1 Å². The molecule has 0 bridgehead atoms. The highest BCUT2D eigenvalue weighted by molar-refractivity contribution is 6.33. The van der Waals surface area contributed by atoms with Gasteiger partial charge in [-0.25, -0.2) is 4.79 Å². The monoisotopic (exact) mass is 312 g/mol. The number of anilines is 1. The van der Waals surface area contributed by atoms with Gasteiger partial charge < -0.3 is 10.4 Å². The lowest BCUT2D eigenvalue weighted by atomic mass is 9.81. The smallest absolute Gasteiger partial charge is 0.329 e. The van der Waals surface area contributed by atoms with Crippen molar-refractivity contribution in [2.24, 2.45) is 0 Å². The van der Waals surface area contributed by atoms with Crippen molar-refractivity contribution in [1.82, 2.24) is 0 Å². The molecule has 6 nitrogen and oxygen atoms in total. The van der Waals surface area contributed by atoms with E-state index in [0.29, 0.717) is 24.1 Å². The average Bonchev–Trinajstić information content (AvgIpc) is 2.43. The highest BCUT2D eigenvalue weighted by Gasteiger charge is 2.40. The number of hydrogen-bond donors (Lipinski definition) is 2. The Bertz CT molecular complexity index is 583. The molecular formula is C14H17ClN2O4. The second-order valence-electron chi connectivity index (χ2n) is 5.45. The summed E-state index contributed by atoms with van der Waals surface area (Å²) in [4.78, 5) is 22.0. The van der Waals surface area contributed by atoms with Crippen LogP contribution in [0.15, 0.2) is 12.1 Å². The second-order valence-corrected chi connectivity index (χ2v) is 5.86. The number of nitro groups is 1. The minimum atomic E-state index is -1.01. The van der Waals surface area contributed by atoms with Crippen molar-refractivity contribution < 1.29 is 14.8 Å². The molecule has 0 amide bonds. The molecule has 1 aromatic carbocycles. The molecular weight excluding hydrogens is 296 g/mol. The van der Waals surface area contributed by atoms with Gasteiger partial charge in [0.15, 0.2) is 0 Å². The molecule has 0 unspecified atom stereocenters. The molecule has 1 saturated carbocycles. The third kappa shape index (κ3) is 3.10. The fourth-order valence-electron chi connectivity index (χ4n) is 2.75. The van der Waals surface area contributed by atoms with E-state index in [1.807, 2.05) is 0 Å². The van der Waals surface area contributed by atoms with Crippen LogP contribution in [0.4, 0.5) is 11.4 Å². The van der Waals surface area contributed by atoms with Crippen LogP contribution >= 0.6 is 11.6 Å². The third-order valence-corrected chi connectivity index (χ3v) is 4.28. The van der Waals surface area contributed by atoms with E-state index in [1.54, 1.807) is 6.92 Å². The fourth-order valence-corrected chi connectivity index (χ4v) is 2.98. The summed E-state index contributed by atoms with van der Waals surface area (Å²) in [6.07, 6.45) is 3.79. The van der Waals surface area contributed by atoms with E-state index in [2.05, 4.69) is 5.32 Å². The zero-order valence-corrected chi connectivity index (χ0v) is 12.4. The van der Waals surface area contributed by atoms with Gasteiger partial charge in [-0.1, -0.05) is 30.9 Å². The molecule has 1 aliphatic carbocycles. The summed E-state index contributed by atoms with van der Waals surface area (Å²) < 4.78 is 0. The van der Waals surface area contributed by atoms with Gasteiger partial charge in [0, 0.05) is 11.8 Å². The van der Waals surface area contributed by atoms with Crippen LogP contribution in [0.1, 0.15) is 37.7 Å². The SMILES string of the molecule is Cc1cc([N+](=O)[O-])c(Cl)cc1NC1(C(=O)O)CCCCC1. The van der Waals surface area contributed by atoms with Gasteiger partial charge in [-0.2, -0.15) is 0 Å². The van der Waals surface area contributed by atoms with Gasteiger partial charge in [0.25, 0.3) is 5.69 Å². The van der Waals surface area contributed by atoms with Gasteiger partial charge in [-0.05, 0) is 31.4 Å². The average molecular weight is 313 g/mol. The van der Waals surface area contributed by atoms with Crippen LogP contribution in [0, 0.1) is 17.0 Å². The lowest BCUT2D eigenvalue weighted by Crippen LogP contribution is -2.48. The van der Waals surface area contributed by atoms with Gasteiger partial charge in [0.2, 0.25) is 0 Å². The van der Waals surface area contributed by atoms with Gasteiger partial charge in [-0.15, -0.1) is 0 Å². The van der Waals surface area contributed by atoms with Gasteiger partial charge >= 0.3 is 5.97 Å². The Morgan fingerprint density at radius 1 is 1.38 bits per heavy atom. The molecule has 7 heteroatoms. The number of carboxylic acid groups (broad SMARTS) is 1. The quantitative estimate of drug-likeness (QED) is 0.652. The first-order chi connectivity index (χ1) is 9.85. The molecule has 0 heterocycles. The molecule has 0 atom stereocenters. The number of aliphatic carboxylic acids is 1. The summed E-state index contributed by atoms with van der Waals surface area (Å²) in [5.41, 5.74) is -0.0393. The number of halogens is 1. The van der Waals surface area contributed by atoms with Gasteiger partial charge in [-0.3, -0.25) is 10.1 Å². The number of rotatable bonds is 4. The first-order valence-corrected chi connectivity index (χ1v) is 7.20. The summed E-state index contributed by atoms with van der Waals surface area (Å²) in [6, 6.07) is 2.80. The Balaban J connectivity index is 2.35. The Hall–Kier alpha value is -1.82. The van der Waals surface area contributed by atoms with Crippen molar-refractivity contribution in [2.75, 3.05) is 5.32 Å². The van der Waals surface area contributed by atoms with Crippen LogP contribution in [0.5, 0.6) is 0 Å². The molecule has 0 aromatic heterocycles. The number of nitro benzene ring substituents is 1. The first kappa shape index (κ1) is 15.6. The molecule has 114 valence electrons. The summed E-state index contributed by atoms with van der Waals surface area (Å²) >= 11 is 5.91. The van der Waals surface area contributed by atoms with E-state index < -0.39 is 16.4 Å². The maximum atomic E-state index is 11.6. The van der Waals surface area contributed by atoms with E-state index >= 15 is 0 Å². The molecule has 0 radical (unpaired) electrons. The number of nitrogens with one attached hydrogen (secondary N) is 1. The van der Waals surface area contributed by atoms with E-state index in [9.17, 15) is 20.0 Å². The Labute approximate surface area is 127 Å². The normalized spacial score (nSPS) is 17.2. The molecule has 0 spiro atoms. The summed E-state index contributed by atoms with van der Waals surface area (Å²) in [5, 5.41) is 23.5. The van der Waals surface area contributed by atoms with Gasteiger partial charge in [0.1, 0.15) is 10.6 Å². The van der Waals surface area contributed by atoms with Crippen molar-refractivity contribution in [2.45, 2.75) is 44.6 Å². The highest BCUT2D eigenvalue weighted by Crippen LogP contribution is 2.36. The fraction of sp³-hybridized carbons (Fsp3) is 0.500. The van der Waals surface area contributed by atoms with Crippen LogP contribution in [-0.2, 0) is 4.79 Å². The van der Waals surface area contributed by atoms with E-state index in [0.717, 1.165) is 19.3 Å². The maximum absolute atomic E-state index is 11.6. The zero-order chi connectivity index (χ0) is 15.6. The van der Waals surface area contributed by atoms with Crippen LogP contribution in [0.25, 0.3) is 0 Å². The lowest BCUT2D eigenvalue weighted by Gasteiger charge is -2.35. The largest absolute Gasteiger partial charge is 0.480 e. The number of carbonyl (C=O) groups is 1. The van der Waals surface area contributed by atoms with Crippen molar-refractivity contribution in [3.05, 3.63) is 32.8 Å². The molecule has 21 heavy (non-hydrogen) atoms. The minimum absolute atomic E-state index is 0.00412. The first-order valence-electron chi connectivity index (χ1n) is 6.82. The highest BCUT2D eigenvalue weighted by atomic mass is 35.5. The van der Waals surface area contributed by atoms with E-state index in [4.69, 9.17) is 11.6 Å². The maximum Gasteiger partial charge on any atom is 0.329 e. The number of benzene rings is 1. The number of carboxylic acids is 1. The Kier molecular flexibility index (Phi) is 4.37. The number of hydrogen-bond acceptors (Lipinski definition) is 4. The molecule has 0 aliphatic heterocycles. The van der Waals surface area contributed by atoms with Crippen molar-refractivity contribution in [1.29, 1.82) is 0 Å². The zero-order valence-electron chi connectivity index (χ0n) is 11.7. The third-order valence-electron chi connectivity index (χ3n) is 3.98. The van der Waals surface area contributed by atoms with Crippen LogP contribution in [0.3, 0.4) is 0 Å². The second kappa shape index (κ2) is 5.89. The van der Waals surface area contributed by atoms with E-state index in [-0.39, 0.29) is 10.7 Å². The van der Waals surface area contributed by atoms with Crippen LogP contribution in [-0.4, -0.2) is 21.5 Å². The topological polar surface area (TPSA) is 92.5 Å². The Morgan fingerprint density at radius 2 is 2.00 bits per heavy atom.